The molecular weight excluding hydrogens is 98.1 g/mol. The number of nitrogens with one attached hydrogen (secondary N) is 1. The molecule has 0 fully saturated rings. The van der Waals surface area contributed by atoms with Gasteiger partial charge in [0.1, 0.15) is 0 Å². The Hall–Kier alpha value is -0.460. The summed E-state index contributed by atoms with van der Waals surface area (Å²) in [7, 11) is 0. The Balaban J connectivity index is 2.80. The van der Waals surface area contributed by atoms with Crippen molar-refractivity contribution in [3.8, 4) is 0 Å². The molecule has 0 unspecified atom stereocenters. The molecule has 0 aliphatic rings. The van der Waals surface area contributed by atoms with Crippen LogP contribution in [0.2, 0.25) is 0 Å². The molecule has 0 atom stereocenters. The van der Waals surface area contributed by atoms with Crippen molar-refractivity contribution >= 4 is 0 Å². The summed E-state index contributed by atoms with van der Waals surface area (Å²) < 4.78 is 0. The van der Waals surface area contributed by atoms with Gasteiger partial charge in [0.2, 0.25) is 0 Å². The smallest absolute Gasteiger partial charge is 0.0138 e. The van der Waals surface area contributed by atoms with Gasteiger partial charge in [0.05, 0.1) is 0 Å². The third kappa shape index (κ3) is 5.54. The molecule has 0 aromatic carbocycles. The Bertz CT molecular complexity index is 57.4. The number of hydrogen-bond acceptors (Lipinski definition) is 1. The molecule has 47 valence electrons. The molecular formula is C7H14N. The van der Waals surface area contributed by atoms with Gasteiger partial charge in [0.15, 0.2) is 0 Å². The Morgan fingerprint density at radius 1 is 1.62 bits per heavy atom. The minimum atomic E-state index is 0.872. The standard InChI is InChI=1S/C7H14N/c1-3-5-7-8-6-4-2/h5,7-8H,1,3-4,6H2,2H3. The van der Waals surface area contributed by atoms with Crippen LogP contribution < -0.4 is 5.32 Å². The second-order valence-corrected chi connectivity index (χ2v) is 1.65. The zero-order valence-corrected chi connectivity index (χ0v) is 5.48. The Labute approximate surface area is 51.8 Å². The summed E-state index contributed by atoms with van der Waals surface area (Å²) in [5.74, 6) is 0. The minimum Gasteiger partial charge on any atom is -0.391 e. The zero-order valence-electron chi connectivity index (χ0n) is 5.48. The van der Waals surface area contributed by atoms with Gasteiger partial charge in [-0.15, -0.1) is 0 Å². The average Bonchev–Trinajstić information content (AvgIpc) is 1.81. The molecule has 0 saturated carbocycles. The average molecular weight is 112 g/mol. The summed E-state index contributed by atoms with van der Waals surface area (Å²) in [6, 6.07) is 0. The second-order valence-electron chi connectivity index (χ2n) is 1.65. The van der Waals surface area contributed by atoms with Crippen molar-refractivity contribution in [2.45, 2.75) is 19.8 Å². The molecule has 0 aliphatic carbocycles. The van der Waals surface area contributed by atoms with E-state index in [2.05, 4.69) is 19.2 Å². The molecule has 0 aromatic rings. The number of hydrogen-bond donors (Lipinski definition) is 1. The van der Waals surface area contributed by atoms with Gasteiger partial charge in [-0.3, -0.25) is 0 Å². The molecule has 0 amide bonds. The van der Waals surface area contributed by atoms with E-state index in [4.69, 9.17) is 0 Å². The lowest BCUT2D eigenvalue weighted by atomic mass is 10.4. The fourth-order valence-electron chi connectivity index (χ4n) is 0.394. The van der Waals surface area contributed by atoms with E-state index in [1.807, 2.05) is 12.3 Å². The SMILES string of the molecule is [CH2]CC=CNCCC. The van der Waals surface area contributed by atoms with Crippen LogP contribution in [0.1, 0.15) is 19.8 Å². The van der Waals surface area contributed by atoms with Crippen molar-refractivity contribution in [3.63, 3.8) is 0 Å². The van der Waals surface area contributed by atoms with Crippen LogP contribution in [0.25, 0.3) is 0 Å². The Morgan fingerprint density at radius 2 is 2.38 bits per heavy atom. The number of allylic oxidation sites excluding steroid dienone is 1. The van der Waals surface area contributed by atoms with Gasteiger partial charge in [-0.05, 0) is 26.0 Å². The van der Waals surface area contributed by atoms with Crippen LogP contribution in [0.4, 0.5) is 0 Å². The quantitative estimate of drug-likeness (QED) is 0.546. The van der Waals surface area contributed by atoms with Crippen molar-refractivity contribution in [2.75, 3.05) is 6.54 Å². The van der Waals surface area contributed by atoms with Crippen molar-refractivity contribution in [1.82, 2.24) is 5.32 Å². The van der Waals surface area contributed by atoms with E-state index in [0.29, 0.717) is 0 Å². The Morgan fingerprint density at radius 3 is 2.88 bits per heavy atom. The molecule has 0 aliphatic heterocycles. The number of rotatable bonds is 4. The molecule has 1 N–H and O–H groups in total. The maximum absolute atomic E-state index is 3.66. The van der Waals surface area contributed by atoms with Crippen LogP contribution in [0.3, 0.4) is 0 Å². The highest BCUT2D eigenvalue weighted by Crippen LogP contribution is 1.75. The molecule has 1 heteroatoms. The molecule has 8 heavy (non-hydrogen) atoms. The highest BCUT2D eigenvalue weighted by molar-refractivity contribution is 4.79. The minimum absolute atomic E-state index is 0.872. The summed E-state index contributed by atoms with van der Waals surface area (Å²) in [5.41, 5.74) is 0. The lowest BCUT2D eigenvalue weighted by Gasteiger charge is -1.92. The molecule has 1 radical (unpaired) electrons. The monoisotopic (exact) mass is 112 g/mol. The summed E-state index contributed by atoms with van der Waals surface area (Å²) in [6.07, 6.45) is 6.02. The van der Waals surface area contributed by atoms with Crippen LogP contribution >= 0.6 is 0 Å². The maximum atomic E-state index is 3.66. The molecule has 0 rings (SSSR count). The first kappa shape index (κ1) is 7.54. The highest BCUT2D eigenvalue weighted by Gasteiger charge is 1.70. The van der Waals surface area contributed by atoms with E-state index < -0.39 is 0 Å². The summed E-state index contributed by atoms with van der Waals surface area (Å²) in [5, 5.41) is 3.12. The fraction of sp³-hybridized carbons (Fsp3) is 0.571. The van der Waals surface area contributed by atoms with Crippen LogP contribution in [0, 0.1) is 6.92 Å². The molecule has 0 spiro atoms. The van der Waals surface area contributed by atoms with Gasteiger partial charge in [0.25, 0.3) is 0 Å². The van der Waals surface area contributed by atoms with E-state index in [9.17, 15) is 0 Å². The van der Waals surface area contributed by atoms with Crippen molar-refractivity contribution in [2.24, 2.45) is 0 Å². The fourth-order valence-corrected chi connectivity index (χ4v) is 0.394. The van der Waals surface area contributed by atoms with E-state index in [-0.39, 0.29) is 0 Å². The van der Waals surface area contributed by atoms with E-state index in [0.717, 1.165) is 13.0 Å². The van der Waals surface area contributed by atoms with Gasteiger partial charge in [-0.2, -0.15) is 0 Å². The van der Waals surface area contributed by atoms with Crippen molar-refractivity contribution in [3.05, 3.63) is 19.2 Å². The first-order chi connectivity index (χ1) is 3.91. The van der Waals surface area contributed by atoms with Gasteiger partial charge >= 0.3 is 0 Å². The molecule has 1 nitrogen and oxygen atoms in total. The van der Waals surface area contributed by atoms with Crippen LogP contribution in [0.5, 0.6) is 0 Å². The van der Waals surface area contributed by atoms with E-state index in [1.165, 1.54) is 6.42 Å². The molecule has 0 heterocycles. The highest BCUT2D eigenvalue weighted by atomic mass is 14.8. The molecule has 0 aromatic heterocycles. The van der Waals surface area contributed by atoms with Gasteiger partial charge in [-0.1, -0.05) is 13.0 Å². The third-order valence-electron chi connectivity index (χ3n) is 0.797. The molecule has 0 saturated heterocycles. The lowest BCUT2D eigenvalue weighted by Crippen LogP contribution is -2.04. The summed E-state index contributed by atoms with van der Waals surface area (Å²) in [6.45, 7) is 6.87. The summed E-state index contributed by atoms with van der Waals surface area (Å²) >= 11 is 0. The first-order valence-corrected chi connectivity index (χ1v) is 3.09. The second kappa shape index (κ2) is 6.54. The lowest BCUT2D eigenvalue weighted by molar-refractivity contribution is 0.807. The van der Waals surface area contributed by atoms with Crippen LogP contribution in [-0.4, -0.2) is 6.54 Å². The third-order valence-corrected chi connectivity index (χ3v) is 0.797. The van der Waals surface area contributed by atoms with Crippen LogP contribution in [-0.2, 0) is 0 Å². The Kier molecular flexibility index (Phi) is 6.16. The van der Waals surface area contributed by atoms with Gasteiger partial charge < -0.3 is 5.32 Å². The largest absolute Gasteiger partial charge is 0.391 e. The zero-order chi connectivity index (χ0) is 6.24. The predicted octanol–water partition coefficient (Wildman–Crippen LogP) is 1.72. The van der Waals surface area contributed by atoms with Crippen molar-refractivity contribution in [1.29, 1.82) is 0 Å². The molecule has 0 bridgehead atoms. The normalized spacial score (nSPS) is 10.2. The van der Waals surface area contributed by atoms with E-state index >= 15 is 0 Å². The first-order valence-electron chi connectivity index (χ1n) is 3.09. The van der Waals surface area contributed by atoms with Crippen molar-refractivity contribution < 1.29 is 0 Å². The maximum Gasteiger partial charge on any atom is 0.0138 e. The predicted molar refractivity (Wildman–Crippen MR) is 37.4 cm³/mol. The van der Waals surface area contributed by atoms with E-state index in [1.54, 1.807) is 0 Å². The van der Waals surface area contributed by atoms with Gasteiger partial charge in [-0.25, -0.2) is 0 Å². The summed E-state index contributed by atoms with van der Waals surface area (Å²) in [4.78, 5) is 0. The van der Waals surface area contributed by atoms with Crippen LogP contribution in [0.15, 0.2) is 12.3 Å². The van der Waals surface area contributed by atoms with Gasteiger partial charge in [0, 0.05) is 6.54 Å². The topological polar surface area (TPSA) is 12.0 Å².